The van der Waals surface area contributed by atoms with Crippen molar-refractivity contribution in [2.24, 2.45) is 5.92 Å². The SMILES string of the molecule is CCCCCOc1ccccc1N(C)c1nc(OCC(C)C)ncc1C(F)(F)F. The van der Waals surface area contributed by atoms with Gasteiger partial charge in [-0.1, -0.05) is 45.7 Å². The van der Waals surface area contributed by atoms with Gasteiger partial charge in [-0.3, -0.25) is 0 Å². The van der Waals surface area contributed by atoms with Gasteiger partial charge in [0.2, 0.25) is 0 Å². The highest BCUT2D eigenvalue weighted by Crippen LogP contribution is 2.40. The summed E-state index contributed by atoms with van der Waals surface area (Å²) >= 11 is 0. The Morgan fingerprint density at radius 2 is 1.83 bits per heavy atom. The quantitative estimate of drug-likeness (QED) is 0.458. The summed E-state index contributed by atoms with van der Waals surface area (Å²) in [5.74, 6) is 0.415. The second kappa shape index (κ2) is 10.3. The number of halogens is 3. The molecule has 1 heterocycles. The summed E-state index contributed by atoms with van der Waals surface area (Å²) in [6.07, 6.45) is -0.877. The molecule has 0 N–H and O–H groups in total. The summed E-state index contributed by atoms with van der Waals surface area (Å²) in [7, 11) is 1.53. The number of benzene rings is 1. The zero-order chi connectivity index (χ0) is 21.4. The zero-order valence-electron chi connectivity index (χ0n) is 17.3. The van der Waals surface area contributed by atoms with E-state index in [-0.39, 0.29) is 17.7 Å². The van der Waals surface area contributed by atoms with Crippen molar-refractivity contribution in [1.29, 1.82) is 0 Å². The molecule has 0 saturated carbocycles. The molecule has 29 heavy (non-hydrogen) atoms. The van der Waals surface area contributed by atoms with Crippen molar-refractivity contribution in [1.82, 2.24) is 9.97 Å². The largest absolute Gasteiger partial charge is 0.491 e. The fourth-order valence-corrected chi connectivity index (χ4v) is 2.63. The predicted octanol–water partition coefficient (Wildman–Crippen LogP) is 5.87. The summed E-state index contributed by atoms with van der Waals surface area (Å²) < 4.78 is 52.0. The Morgan fingerprint density at radius 3 is 2.48 bits per heavy atom. The van der Waals surface area contributed by atoms with Gasteiger partial charge in [0.1, 0.15) is 11.3 Å². The molecule has 0 atom stereocenters. The van der Waals surface area contributed by atoms with Gasteiger partial charge in [0.15, 0.2) is 5.82 Å². The van der Waals surface area contributed by atoms with E-state index in [0.29, 0.717) is 24.7 Å². The summed E-state index contributed by atoms with van der Waals surface area (Å²) in [6.45, 7) is 6.77. The van der Waals surface area contributed by atoms with Crippen LogP contribution in [-0.4, -0.2) is 30.2 Å². The monoisotopic (exact) mass is 411 g/mol. The van der Waals surface area contributed by atoms with E-state index in [4.69, 9.17) is 9.47 Å². The molecule has 160 valence electrons. The number of aromatic nitrogens is 2. The molecule has 0 aliphatic rings. The number of para-hydroxylation sites is 2. The molecule has 0 saturated heterocycles. The molecule has 0 radical (unpaired) electrons. The first-order valence-corrected chi connectivity index (χ1v) is 9.76. The van der Waals surface area contributed by atoms with E-state index < -0.39 is 11.7 Å². The lowest BCUT2D eigenvalue weighted by atomic mass is 10.2. The topological polar surface area (TPSA) is 47.5 Å². The normalized spacial score (nSPS) is 11.6. The molecule has 1 aromatic carbocycles. The summed E-state index contributed by atoms with van der Waals surface area (Å²) in [4.78, 5) is 9.15. The van der Waals surface area contributed by atoms with Crippen LogP contribution in [-0.2, 0) is 6.18 Å². The van der Waals surface area contributed by atoms with Crippen LogP contribution in [0.25, 0.3) is 0 Å². The fourth-order valence-electron chi connectivity index (χ4n) is 2.63. The van der Waals surface area contributed by atoms with E-state index in [1.807, 2.05) is 13.8 Å². The van der Waals surface area contributed by atoms with Crippen LogP contribution in [0.1, 0.15) is 45.6 Å². The molecule has 0 aliphatic heterocycles. The summed E-state index contributed by atoms with van der Waals surface area (Å²) in [5.41, 5.74) is -0.444. The second-order valence-corrected chi connectivity index (χ2v) is 7.17. The summed E-state index contributed by atoms with van der Waals surface area (Å²) in [6, 6.07) is 6.88. The van der Waals surface area contributed by atoms with Gasteiger partial charge in [0.25, 0.3) is 0 Å². The van der Waals surface area contributed by atoms with Crippen molar-refractivity contribution in [2.75, 3.05) is 25.2 Å². The van der Waals surface area contributed by atoms with Crippen molar-refractivity contribution in [3.05, 3.63) is 36.0 Å². The van der Waals surface area contributed by atoms with Gasteiger partial charge in [0, 0.05) is 13.2 Å². The Labute approximate surface area is 169 Å². The number of unbranched alkanes of at least 4 members (excludes halogenated alkanes) is 2. The minimum absolute atomic E-state index is 0.0881. The number of hydrogen-bond donors (Lipinski definition) is 0. The third-order valence-electron chi connectivity index (χ3n) is 4.15. The van der Waals surface area contributed by atoms with Crippen LogP contribution in [0, 0.1) is 5.92 Å². The second-order valence-electron chi connectivity index (χ2n) is 7.17. The molecule has 2 rings (SSSR count). The van der Waals surface area contributed by atoms with Crippen LogP contribution in [0.4, 0.5) is 24.7 Å². The zero-order valence-corrected chi connectivity index (χ0v) is 17.3. The number of rotatable bonds is 10. The first-order valence-electron chi connectivity index (χ1n) is 9.76. The molecular formula is C21H28F3N3O2. The van der Waals surface area contributed by atoms with Crippen molar-refractivity contribution < 1.29 is 22.6 Å². The lowest BCUT2D eigenvalue weighted by Gasteiger charge is -2.24. The summed E-state index contributed by atoms with van der Waals surface area (Å²) in [5, 5.41) is 0. The van der Waals surface area contributed by atoms with Crippen LogP contribution >= 0.6 is 0 Å². The van der Waals surface area contributed by atoms with Gasteiger partial charge in [0.05, 0.1) is 18.9 Å². The van der Waals surface area contributed by atoms with Crippen LogP contribution in [0.3, 0.4) is 0 Å². The first kappa shape index (κ1) is 22.8. The van der Waals surface area contributed by atoms with Gasteiger partial charge >= 0.3 is 12.2 Å². The number of alkyl halides is 3. The van der Waals surface area contributed by atoms with Crippen molar-refractivity contribution >= 4 is 11.5 Å². The molecule has 0 unspecified atom stereocenters. The molecule has 0 amide bonds. The number of ether oxygens (including phenoxy) is 2. The minimum Gasteiger partial charge on any atom is -0.491 e. The lowest BCUT2D eigenvalue weighted by molar-refractivity contribution is -0.137. The molecule has 0 fully saturated rings. The standard InChI is InChI=1S/C21H28F3N3O2/c1-5-6-9-12-28-18-11-8-7-10-17(18)27(4)19-16(21(22,23)24)13-25-20(26-19)29-14-15(2)3/h7-8,10-11,13,15H,5-6,9,12,14H2,1-4H3. The van der Waals surface area contributed by atoms with Gasteiger partial charge in [-0.15, -0.1) is 0 Å². The highest BCUT2D eigenvalue weighted by Gasteiger charge is 2.37. The number of hydrogen-bond acceptors (Lipinski definition) is 5. The van der Waals surface area contributed by atoms with Crippen molar-refractivity contribution in [3.8, 4) is 11.8 Å². The number of anilines is 2. The Bertz CT molecular complexity index is 782. The molecule has 0 spiro atoms. The maximum atomic E-state index is 13.6. The van der Waals surface area contributed by atoms with Gasteiger partial charge < -0.3 is 14.4 Å². The smallest absolute Gasteiger partial charge is 0.421 e. The van der Waals surface area contributed by atoms with Gasteiger partial charge in [-0.05, 0) is 24.5 Å². The Balaban J connectivity index is 2.37. The molecule has 0 aliphatic carbocycles. The molecule has 1 aromatic heterocycles. The number of nitrogens with zero attached hydrogens (tertiary/aromatic N) is 3. The average Bonchev–Trinajstić information content (AvgIpc) is 2.68. The molecule has 0 bridgehead atoms. The van der Waals surface area contributed by atoms with Crippen molar-refractivity contribution in [2.45, 2.75) is 46.2 Å². The third-order valence-corrected chi connectivity index (χ3v) is 4.15. The fraction of sp³-hybridized carbons (Fsp3) is 0.524. The van der Waals surface area contributed by atoms with E-state index in [9.17, 15) is 13.2 Å². The maximum absolute atomic E-state index is 13.6. The van der Waals surface area contributed by atoms with E-state index in [1.165, 1.54) is 11.9 Å². The van der Waals surface area contributed by atoms with Crippen molar-refractivity contribution in [3.63, 3.8) is 0 Å². The molecular weight excluding hydrogens is 383 g/mol. The molecule has 5 nitrogen and oxygen atoms in total. The Hall–Kier alpha value is -2.51. The highest BCUT2D eigenvalue weighted by atomic mass is 19.4. The predicted molar refractivity (Wildman–Crippen MR) is 107 cm³/mol. The van der Waals surface area contributed by atoms with E-state index >= 15 is 0 Å². The third kappa shape index (κ3) is 6.51. The van der Waals surface area contributed by atoms with Crippen LogP contribution in [0.5, 0.6) is 11.8 Å². The maximum Gasteiger partial charge on any atom is 0.421 e. The molecule has 8 heteroatoms. The molecule has 2 aromatic rings. The van der Waals surface area contributed by atoms with Crippen LogP contribution in [0.2, 0.25) is 0 Å². The Kier molecular flexibility index (Phi) is 8.10. The lowest BCUT2D eigenvalue weighted by Crippen LogP contribution is -2.20. The van der Waals surface area contributed by atoms with E-state index in [0.717, 1.165) is 25.5 Å². The average molecular weight is 411 g/mol. The first-order chi connectivity index (χ1) is 13.7. The highest BCUT2D eigenvalue weighted by molar-refractivity contribution is 5.68. The van der Waals surface area contributed by atoms with Gasteiger partial charge in [-0.25, -0.2) is 4.98 Å². The van der Waals surface area contributed by atoms with Gasteiger partial charge in [-0.2, -0.15) is 18.2 Å². The Morgan fingerprint density at radius 1 is 1.10 bits per heavy atom. The van der Waals surface area contributed by atoms with Crippen LogP contribution in [0.15, 0.2) is 30.5 Å². The van der Waals surface area contributed by atoms with E-state index in [2.05, 4.69) is 16.9 Å². The minimum atomic E-state index is -4.60. The van der Waals surface area contributed by atoms with E-state index in [1.54, 1.807) is 24.3 Å². The van der Waals surface area contributed by atoms with Crippen LogP contribution < -0.4 is 14.4 Å².